The molecule has 0 radical (unpaired) electrons. The van der Waals surface area contributed by atoms with Gasteiger partial charge < -0.3 is 32.3 Å². The van der Waals surface area contributed by atoms with Gasteiger partial charge in [0.2, 0.25) is 5.95 Å². The van der Waals surface area contributed by atoms with Crippen LogP contribution in [0.5, 0.6) is 0 Å². The van der Waals surface area contributed by atoms with E-state index in [0.717, 1.165) is 25.1 Å². The second kappa shape index (κ2) is 16.2. The fourth-order valence-corrected chi connectivity index (χ4v) is 4.40. The number of hydrogen-bond donors (Lipinski definition) is 5. The summed E-state index contributed by atoms with van der Waals surface area (Å²) >= 11 is 1.26. The van der Waals surface area contributed by atoms with Crippen molar-refractivity contribution < 1.29 is 14.0 Å². The van der Waals surface area contributed by atoms with E-state index in [9.17, 15) is 14.0 Å². The van der Waals surface area contributed by atoms with Crippen molar-refractivity contribution in [3.63, 3.8) is 0 Å². The Kier molecular flexibility index (Phi) is 12.9. The van der Waals surface area contributed by atoms with E-state index >= 15 is 0 Å². The van der Waals surface area contributed by atoms with E-state index in [0.29, 0.717) is 27.8 Å². The number of piperidine rings is 1. The first-order chi connectivity index (χ1) is 17.9. The number of amides is 1. The van der Waals surface area contributed by atoms with Crippen molar-refractivity contribution in [3.8, 4) is 0 Å². The van der Waals surface area contributed by atoms with E-state index in [1.807, 2.05) is 6.07 Å². The fraction of sp³-hybridized carbons (Fsp3) is 0.360. The predicted octanol–water partition coefficient (Wildman–Crippen LogP) is 2.88. The lowest BCUT2D eigenvalue weighted by Crippen LogP contribution is -2.33. The zero-order valence-corrected chi connectivity index (χ0v) is 21.8. The minimum absolute atomic E-state index is 0.0650. The standard InChI is InChI=1S/C14H21N3O.C11H14FN5OS/c15-13-10-12(11-18)4-5-14(13)16-6-9-17-7-2-1-3-8-17;1-14-9(10(13)18)11(15-2)19-6-17-7-3-4-16-8(12)5-7/h4-5,10-11,16H,1-3,6-9,15H2;3-5,15H,1,6H2,2H3,(H2,13,18)(H,16,17)/b;11-9-. The highest BCUT2D eigenvalue weighted by Crippen LogP contribution is 2.20. The molecular formula is C25H35FN8O2S. The summed E-state index contributed by atoms with van der Waals surface area (Å²) in [4.78, 5) is 31.2. The number of nitrogens with two attached hydrogens (primary N) is 2. The molecule has 0 aliphatic carbocycles. The van der Waals surface area contributed by atoms with Crippen LogP contribution in [0.2, 0.25) is 0 Å². The highest BCUT2D eigenvalue weighted by atomic mass is 32.2. The molecule has 0 bridgehead atoms. The number of anilines is 3. The molecule has 1 amide bonds. The number of aldehydes is 1. The molecule has 1 fully saturated rings. The predicted molar refractivity (Wildman–Crippen MR) is 150 cm³/mol. The van der Waals surface area contributed by atoms with Gasteiger partial charge in [-0.15, -0.1) is 0 Å². The number of carbonyl (C=O) groups excluding carboxylic acids is 2. The van der Waals surface area contributed by atoms with Crippen molar-refractivity contribution >= 4 is 47.7 Å². The molecular weight excluding hydrogens is 495 g/mol. The maximum absolute atomic E-state index is 12.8. The first kappa shape index (κ1) is 29.6. The Balaban J connectivity index is 0.000000260. The summed E-state index contributed by atoms with van der Waals surface area (Å²) in [6.45, 7) is 7.65. The Labute approximate surface area is 221 Å². The highest BCUT2D eigenvalue weighted by Gasteiger charge is 2.11. The van der Waals surface area contributed by atoms with Crippen molar-refractivity contribution in [2.45, 2.75) is 19.3 Å². The summed E-state index contributed by atoms with van der Waals surface area (Å²) in [5.41, 5.74) is 13.9. The van der Waals surface area contributed by atoms with Crippen LogP contribution in [-0.4, -0.2) is 67.9 Å². The number of likely N-dealkylation sites (tertiary alicyclic amines) is 1. The number of primary amides is 1. The SMILES string of the molecule is C=N/C(C(N)=O)=C(/NC)SCNc1ccnc(F)c1.Nc1cc(C=O)ccc1NCCN1CCCCC1. The number of hydrogen-bond acceptors (Lipinski definition) is 10. The monoisotopic (exact) mass is 530 g/mol. The smallest absolute Gasteiger partial charge is 0.269 e. The normalized spacial score (nSPS) is 13.9. The Bertz CT molecular complexity index is 1080. The number of thioether (sulfide) groups is 1. The molecule has 0 atom stereocenters. The number of nitrogen functional groups attached to an aromatic ring is 1. The van der Waals surface area contributed by atoms with Gasteiger partial charge in [-0.2, -0.15) is 4.39 Å². The molecule has 1 aliphatic rings. The molecule has 10 nitrogen and oxygen atoms in total. The Hall–Kier alpha value is -3.64. The van der Waals surface area contributed by atoms with Gasteiger partial charge in [0.05, 0.1) is 17.3 Å². The molecule has 1 aromatic carbocycles. The third-order valence-corrected chi connectivity index (χ3v) is 6.43. The molecule has 12 heteroatoms. The maximum atomic E-state index is 12.8. The average Bonchev–Trinajstić information content (AvgIpc) is 2.90. The summed E-state index contributed by atoms with van der Waals surface area (Å²) < 4.78 is 12.8. The molecule has 0 spiro atoms. The van der Waals surface area contributed by atoms with Crippen molar-refractivity contribution in [2.75, 3.05) is 55.5 Å². The zero-order chi connectivity index (χ0) is 27.0. The third kappa shape index (κ3) is 10.5. The number of nitrogens with zero attached hydrogens (tertiary/aromatic N) is 3. The summed E-state index contributed by atoms with van der Waals surface area (Å²) in [6, 6.07) is 8.26. The molecule has 7 N–H and O–H groups in total. The van der Waals surface area contributed by atoms with Gasteiger partial charge in [-0.25, -0.2) is 4.98 Å². The molecule has 2 aromatic rings. The van der Waals surface area contributed by atoms with Crippen LogP contribution >= 0.6 is 11.8 Å². The summed E-state index contributed by atoms with van der Waals surface area (Å²) in [6.07, 6.45) is 6.17. The van der Waals surface area contributed by atoms with E-state index in [1.54, 1.807) is 25.2 Å². The Morgan fingerprint density at radius 1 is 1.24 bits per heavy atom. The number of halogens is 1. The van der Waals surface area contributed by atoms with Crippen molar-refractivity contribution in [1.29, 1.82) is 0 Å². The number of aliphatic imine (C=N–C) groups is 1. The van der Waals surface area contributed by atoms with Gasteiger partial charge in [0.15, 0.2) is 5.70 Å². The quantitative estimate of drug-likeness (QED) is 0.0697. The van der Waals surface area contributed by atoms with Gasteiger partial charge >= 0.3 is 0 Å². The van der Waals surface area contributed by atoms with Gasteiger partial charge in [0.25, 0.3) is 5.91 Å². The van der Waals surface area contributed by atoms with Crippen LogP contribution in [0.15, 0.2) is 52.2 Å². The largest absolute Gasteiger partial charge is 0.397 e. The number of aromatic nitrogens is 1. The molecule has 37 heavy (non-hydrogen) atoms. The van der Waals surface area contributed by atoms with Crippen molar-refractivity contribution in [1.82, 2.24) is 15.2 Å². The van der Waals surface area contributed by atoms with Crippen LogP contribution < -0.4 is 27.4 Å². The molecule has 1 saturated heterocycles. The molecule has 200 valence electrons. The number of nitrogens with one attached hydrogen (secondary N) is 3. The van der Waals surface area contributed by atoms with E-state index < -0.39 is 11.9 Å². The lowest BCUT2D eigenvalue weighted by molar-refractivity contribution is -0.114. The first-order valence-electron chi connectivity index (χ1n) is 11.9. The first-order valence-corrected chi connectivity index (χ1v) is 12.8. The average molecular weight is 531 g/mol. The van der Waals surface area contributed by atoms with E-state index in [2.05, 4.69) is 37.5 Å². The Morgan fingerprint density at radius 3 is 2.59 bits per heavy atom. The van der Waals surface area contributed by atoms with Gasteiger partial charge in [0, 0.05) is 43.7 Å². The van der Waals surface area contributed by atoms with E-state index in [4.69, 9.17) is 11.5 Å². The summed E-state index contributed by atoms with van der Waals surface area (Å²) in [5.74, 6) is -0.835. The van der Waals surface area contributed by atoms with Crippen LogP contribution in [0.4, 0.5) is 21.5 Å². The number of pyridine rings is 1. The van der Waals surface area contributed by atoms with Crippen LogP contribution in [0.1, 0.15) is 29.6 Å². The minimum atomic E-state index is -0.665. The summed E-state index contributed by atoms with van der Waals surface area (Å²) in [5, 5.41) is 9.60. The van der Waals surface area contributed by atoms with Crippen molar-refractivity contribution in [3.05, 3.63) is 58.8 Å². The van der Waals surface area contributed by atoms with Crippen molar-refractivity contribution in [2.24, 2.45) is 10.7 Å². The molecule has 1 aliphatic heterocycles. The molecule has 2 heterocycles. The topological polar surface area (TPSA) is 151 Å². The molecule has 0 saturated carbocycles. The third-order valence-electron chi connectivity index (χ3n) is 5.46. The maximum Gasteiger partial charge on any atom is 0.269 e. The Morgan fingerprint density at radius 2 is 2.00 bits per heavy atom. The van der Waals surface area contributed by atoms with Crippen LogP contribution in [0, 0.1) is 5.95 Å². The van der Waals surface area contributed by atoms with Crippen LogP contribution in [-0.2, 0) is 4.79 Å². The lowest BCUT2D eigenvalue weighted by atomic mass is 10.1. The van der Waals surface area contributed by atoms with Gasteiger partial charge in [0.1, 0.15) is 11.3 Å². The highest BCUT2D eigenvalue weighted by molar-refractivity contribution is 8.03. The fourth-order valence-electron chi connectivity index (χ4n) is 3.57. The van der Waals surface area contributed by atoms with Gasteiger partial charge in [-0.1, -0.05) is 18.2 Å². The van der Waals surface area contributed by atoms with Crippen LogP contribution in [0.25, 0.3) is 0 Å². The number of benzene rings is 1. The summed E-state index contributed by atoms with van der Waals surface area (Å²) in [7, 11) is 1.64. The molecule has 1 aromatic heterocycles. The van der Waals surface area contributed by atoms with E-state index in [-0.39, 0.29) is 5.70 Å². The number of rotatable bonds is 12. The zero-order valence-electron chi connectivity index (χ0n) is 21.0. The minimum Gasteiger partial charge on any atom is -0.397 e. The van der Waals surface area contributed by atoms with Gasteiger partial charge in [-0.05, 0) is 56.9 Å². The van der Waals surface area contributed by atoms with Crippen LogP contribution in [0.3, 0.4) is 0 Å². The second-order valence-corrected chi connectivity index (χ2v) is 9.06. The van der Waals surface area contributed by atoms with Gasteiger partial charge in [-0.3, -0.25) is 14.6 Å². The van der Waals surface area contributed by atoms with E-state index in [1.165, 1.54) is 56.4 Å². The number of carbonyl (C=O) groups is 2. The molecule has 0 unspecified atom stereocenters. The second-order valence-electron chi connectivity index (χ2n) is 8.08. The lowest BCUT2D eigenvalue weighted by Gasteiger charge is -2.26. The molecule has 3 rings (SSSR count).